The molecule has 0 aliphatic carbocycles. The largest absolute Gasteiger partial charge is 0.146 e. The molecule has 5 rings (SSSR count). The van der Waals surface area contributed by atoms with Gasteiger partial charge in [-0.15, -0.1) is 22.2 Å². The first kappa shape index (κ1) is 45.3. The molecule has 0 saturated carbocycles. The van der Waals surface area contributed by atoms with Crippen LogP contribution in [0.15, 0.2) is 60.7 Å². The summed E-state index contributed by atoms with van der Waals surface area (Å²) >= 11 is 0. The van der Waals surface area contributed by atoms with Crippen molar-refractivity contribution in [2.45, 2.75) is 156 Å². The number of rotatable bonds is 6. The fourth-order valence-electron chi connectivity index (χ4n) is 9.86. The zero-order chi connectivity index (χ0) is 43.1. The highest BCUT2D eigenvalue weighted by Crippen LogP contribution is 2.43. The maximum absolute atomic E-state index is 3.96. The van der Waals surface area contributed by atoms with E-state index in [1.54, 1.807) is 0 Å². The molecule has 0 radical (unpaired) electrons. The van der Waals surface area contributed by atoms with Gasteiger partial charge < -0.3 is 0 Å². The van der Waals surface area contributed by atoms with E-state index in [0.717, 1.165) is 22.3 Å². The number of hydrogen-bond acceptors (Lipinski definition) is 0. The number of hydrogen-bond donors (Lipinski definition) is 0. The summed E-state index contributed by atoms with van der Waals surface area (Å²) in [6.45, 7) is 42.7. The van der Waals surface area contributed by atoms with Crippen LogP contribution >= 0.6 is 0 Å². The average Bonchev–Trinajstić information content (AvgIpc) is 3.10. The van der Waals surface area contributed by atoms with Gasteiger partial charge in [0.15, 0.2) is 0 Å². The lowest BCUT2D eigenvalue weighted by molar-refractivity contribution is 0.838. The molecule has 0 heterocycles. The third kappa shape index (κ3) is 9.18. The maximum Gasteiger partial charge on any atom is 0.146 e. The van der Waals surface area contributed by atoms with Gasteiger partial charge in [0, 0.05) is 22.3 Å². The molecule has 0 aliphatic rings. The Kier molecular flexibility index (Phi) is 13.4. The standard InChI is InChI=1S/C54H70Si4/c1-37(2)57(38(3)4,39(5)6)29-23-43-19-21-45-33-51-50(26-28-56(16,17)18)54-36-48-32-44(24-30-58(40(7)8,41(9)10)42(11)12)20-22-46(48)34-52(54)49(25-27-55(13,14)15)53(51)35-47(45)31-43/h19-22,31-42H,1-18H3. The van der Waals surface area contributed by atoms with Crippen molar-refractivity contribution in [3.63, 3.8) is 0 Å². The van der Waals surface area contributed by atoms with Crippen LogP contribution in [0.25, 0.3) is 43.1 Å². The predicted octanol–water partition coefficient (Wildman–Crippen LogP) is 15.9. The molecular formula is C54H70Si4. The lowest BCUT2D eigenvalue weighted by Gasteiger charge is -2.38. The molecule has 4 heteroatoms. The molecule has 0 spiro atoms. The van der Waals surface area contributed by atoms with E-state index >= 15 is 0 Å². The number of benzene rings is 5. The second-order valence-electron chi connectivity index (χ2n) is 21.0. The summed E-state index contributed by atoms with van der Waals surface area (Å²) in [5, 5.41) is 9.58. The van der Waals surface area contributed by atoms with Crippen LogP contribution in [0, 0.1) is 45.9 Å². The Hall–Kier alpha value is -3.75. The summed E-state index contributed by atoms with van der Waals surface area (Å²) in [5.41, 5.74) is 23.5. The molecule has 0 aromatic heterocycles. The molecular weight excluding hydrogens is 761 g/mol. The van der Waals surface area contributed by atoms with Gasteiger partial charge in [-0.1, -0.05) is 158 Å². The van der Waals surface area contributed by atoms with Gasteiger partial charge >= 0.3 is 0 Å². The van der Waals surface area contributed by atoms with Crippen LogP contribution in [0.4, 0.5) is 0 Å². The van der Waals surface area contributed by atoms with Crippen molar-refractivity contribution in [1.82, 2.24) is 0 Å². The monoisotopic (exact) mass is 830 g/mol. The van der Waals surface area contributed by atoms with E-state index in [1.807, 2.05) is 0 Å². The molecule has 0 bridgehead atoms. The highest BCUT2D eigenvalue weighted by molar-refractivity contribution is 6.91. The Morgan fingerprint density at radius 2 is 0.603 bits per heavy atom. The Bertz CT molecular complexity index is 2400. The smallest absolute Gasteiger partial charge is 0.127 e. The molecule has 0 nitrogen and oxygen atoms in total. The van der Waals surface area contributed by atoms with E-state index in [1.165, 1.54) is 43.1 Å². The molecule has 0 atom stereocenters. The Balaban J connectivity index is 1.87. The van der Waals surface area contributed by atoms with Crippen molar-refractivity contribution in [3.8, 4) is 45.9 Å². The van der Waals surface area contributed by atoms with Crippen molar-refractivity contribution < 1.29 is 0 Å². The fraction of sp³-hybridized carbons (Fsp3) is 0.444. The second kappa shape index (κ2) is 17.1. The van der Waals surface area contributed by atoms with Gasteiger partial charge in [0.2, 0.25) is 0 Å². The third-order valence-corrected chi connectivity index (χ3v) is 27.1. The first-order valence-corrected chi connectivity index (χ1v) is 33.4. The number of fused-ring (bicyclic) bond motifs is 4. The van der Waals surface area contributed by atoms with E-state index in [2.05, 4.69) is 229 Å². The van der Waals surface area contributed by atoms with Crippen molar-refractivity contribution in [3.05, 3.63) is 82.9 Å². The molecule has 0 N–H and O–H groups in total. The highest BCUT2D eigenvalue weighted by atomic mass is 28.3. The minimum Gasteiger partial charge on any atom is -0.127 e. The molecule has 58 heavy (non-hydrogen) atoms. The van der Waals surface area contributed by atoms with E-state index < -0.39 is 32.3 Å². The summed E-state index contributed by atoms with van der Waals surface area (Å²) in [6.07, 6.45) is 0. The van der Waals surface area contributed by atoms with Crippen molar-refractivity contribution in [1.29, 1.82) is 0 Å². The van der Waals surface area contributed by atoms with Crippen LogP contribution in [-0.4, -0.2) is 32.3 Å². The first-order valence-electron chi connectivity index (χ1n) is 21.9. The average molecular weight is 831 g/mol. The van der Waals surface area contributed by atoms with Gasteiger partial charge in [-0.3, -0.25) is 0 Å². The van der Waals surface area contributed by atoms with Gasteiger partial charge in [0.1, 0.15) is 32.3 Å². The molecule has 5 aromatic rings. The molecule has 5 aromatic carbocycles. The van der Waals surface area contributed by atoms with Gasteiger partial charge in [-0.05, 0) is 125 Å². The van der Waals surface area contributed by atoms with Gasteiger partial charge in [-0.25, -0.2) is 0 Å². The summed E-state index contributed by atoms with van der Waals surface area (Å²) in [4.78, 5) is 0. The van der Waals surface area contributed by atoms with Crippen LogP contribution < -0.4 is 0 Å². The van der Waals surface area contributed by atoms with Crippen LogP contribution in [0.5, 0.6) is 0 Å². The zero-order valence-corrected chi connectivity index (χ0v) is 43.2. The maximum atomic E-state index is 3.96. The topological polar surface area (TPSA) is 0 Å². The van der Waals surface area contributed by atoms with Crippen LogP contribution in [0.2, 0.25) is 72.5 Å². The highest BCUT2D eigenvalue weighted by Gasteiger charge is 2.42. The van der Waals surface area contributed by atoms with Crippen LogP contribution in [0.1, 0.15) is 105 Å². The van der Waals surface area contributed by atoms with Crippen molar-refractivity contribution in [2.75, 3.05) is 0 Å². The normalized spacial score (nSPS) is 12.7. The predicted molar refractivity (Wildman–Crippen MR) is 273 cm³/mol. The van der Waals surface area contributed by atoms with Crippen molar-refractivity contribution >= 4 is 75.4 Å². The molecule has 302 valence electrons. The van der Waals surface area contributed by atoms with Crippen LogP contribution in [0.3, 0.4) is 0 Å². The summed E-state index contributed by atoms with van der Waals surface area (Å²) in [5.74, 6) is 15.1. The van der Waals surface area contributed by atoms with Crippen LogP contribution in [-0.2, 0) is 0 Å². The second-order valence-corrected chi connectivity index (χ2v) is 41.6. The van der Waals surface area contributed by atoms with Gasteiger partial charge in [0.05, 0.1) is 0 Å². The lowest BCUT2D eigenvalue weighted by Crippen LogP contribution is -2.43. The quantitative estimate of drug-likeness (QED) is 0.0908. The van der Waals surface area contributed by atoms with Crippen molar-refractivity contribution in [2.24, 2.45) is 0 Å². The summed E-state index contributed by atoms with van der Waals surface area (Å²) < 4.78 is 0. The Morgan fingerprint density at radius 1 is 0.328 bits per heavy atom. The Morgan fingerprint density at radius 3 is 0.862 bits per heavy atom. The van der Waals surface area contributed by atoms with Gasteiger partial charge in [-0.2, -0.15) is 0 Å². The molecule has 0 aliphatic heterocycles. The molecule has 0 unspecified atom stereocenters. The molecule has 0 fully saturated rings. The fourth-order valence-corrected chi connectivity index (χ4v) is 21.3. The zero-order valence-electron chi connectivity index (χ0n) is 39.2. The Labute approximate surface area is 357 Å². The van der Waals surface area contributed by atoms with E-state index in [4.69, 9.17) is 0 Å². The van der Waals surface area contributed by atoms with Gasteiger partial charge in [0.25, 0.3) is 0 Å². The SMILES string of the molecule is CC(C)[Si](C#Cc1ccc2cc3c(C#C[Si](C)(C)C)c4cc5cc(C#C[Si](C(C)C)(C(C)C)C(C)C)ccc5cc4c(C#C[Si](C)(C)C)c3cc2c1)(C(C)C)C(C)C. The summed E-state index contributed by atoms with van der Waals surface area (Å²) in [6, 6.07) is 23.2. The van der Waals surface area contributed by atoms with E-state index in [0.29, 0.717) is 33.2 Å². The molecule has 0 saturated heterocycles. The minimum absolute atomic E-state index is 0.595. The third-order valence-electron chi connectivity index (χ3n) is 12.7. The first-order chi connectivity index (χ1) is 26.9. The minimum atomic E-state index is -1.87. The summed E-state index contributed by atoms with van der Waals surface area (Å²) in [7, 11) is -7.15. The van der Waals surface area contributed by atoms with E-state index in [9.17, 15) is 0 Å². The molecule has 0 amide bonds. The lowest BCUT2D eigenvalue weighted by atomic mass is 9.88. The van der Waals surface area contributed by atoms with E-state index in [-0.39, 0.29) is 0 Å².